The van der Waals surface area contributed by atoms with Gasteiger partial charge in [0.15, 0.2) is 0 Å². The predicted molar refractivity (Wildman–Crippen MR) is 119 cm³/mol. The van der Waals surface area contributed by atoms with Crippen LogP contribution in [-0.4, -0.2) is 28.8 Å². The van der Waals surface area contributed by atoms with Crippen molar-refractivity contribution in [2.75, 3.05) is 0 Å². The molecule has 0 spiro atoms. The van der Waals surface area contributed by atoms with E-state index in [1.54, 1.807) is 17.0 Å². The first-order chi connectivity index (χ1) is 13.8. The summed E-state index contributed by atoms with van der Waals surface area (Å²) in [5.74, 6) is -0.216. The zero-order valence-electron chi connectivity index (χ0n) is 17.1. The lowest BCUT2D eigenvalue weighted by atomic mass is 10.0. The molecule has 0 radical (unpaired) electrons. The lowest BCUT2D eigenvalue weighted by Crippen LogP contribution is -2.51. The van der Waals surface area contributed by atoms with Crippen molar-refractivity contribution >= 4 is 35.0 Å². The Morgan fingerprint density at radius 1 is 1.00 bits per heavy atom. The predicted octanol–water partition coefficient (Wildman–Crippen LogP) is 5.26. The smallest absolute Gasteiger partial charge is 0.243 e. The van der Waals surface area contributed by atoms with Crippen LogP contribution in [0.2, 0.25) is 10.0 Å². The van der Waals surface area contributed by atoms with E-state index in [1.807, 2.05) is 57.2 Å². The third-order valence-electron chi connectivity index (χ3n) is 4.50. The molecule has 0 heterocycles. The number of amides is 2. The SMILES string of the molecule is CCCC(=O)N(Cc1ccc(Cl)c(Cl)c1)C(Cc1ccccc1)C(=O)NC(C)C. The van der Waals surface area contributed by atoms with Gasteiger partial charge in [-0.3, -0.25) is 9.59 Å². The first kappa shape index (κ1) is 23.2. The van der Waals surface area contributed by atoms with E-state index in [-0.39, 0.29) is 17.9 Å². The van der Waals surface area contributed by atoms with Gasteiger partial charge in [-0.15, -0.1) is 0 Å². The molecule has 0 bridgehead atoms. The lowest BCUT2D eigenvalue weighted by molar-refractivity contribution is -0.141. The van der Waals surface area contributed by atoms with Gasteiger partial charge >= 0.3 is 0 Å². The van der Waals surface area contributed by atoms with Crippen LogP contribution in [0.5, 0.6) is 0 Å². The van der Waals surface area contributed by atoms with E-state index in [1.165, 1.54) is 0 Å². The summed E-state index contributed by atoms with van der Waals surface area (Å²) in [6, 6.07) is 14.4. The highest BCUT2D eigenvalue weighted by Crippen LogP contribution is 2.24. The third kappa shape index (κ3) is 7.06. The number of rotatable bonds is 9. The summed E-state index contributed by atoms with van der Waals surface area (Å²) in [6.07, 6.45) is 1.53. The van der Waals surface area contributed by atoms with Crippen LogP contribution in [-0.2, 0) is 22.6 Å². The van der Waals surface area contributed by atoms with E-state index in [0.29, 0.717) is 35.9 Å². The quantitative estimate of drug-likeness (QED) is 0.584. The molecule has 0 saturated carbocycles. The average molecular weight is 435 g/mol. The Morgan fingerprint density at radius 2 is 1.69 bits per heavy atom. The minimum Gasteiger partial charge on any atom is -0.352 e. The first-order valence-corrected chi connectivity index (χ1v) is 10.6. The number of halogens is 2. The van der Waals surface area contributed by atoms with Crippen LogP contribution in [0.4, 0.5) is 0 Å². The minimum absolute atomic E-state index is 0.0196. The standard InChI is InChI=1S/C23H28Cl2N2O2/c1-4-8-22(28)27(15-18-11-12-19(24)20(25)13-18)21(23(29)26-16(2)3)14-17-9-6-5-7-10-17/h5-7,9-13,16,21H,4,8,14-15H2,1-3H3,(H,26,29). The molecule has 29 heavy (non-hydrogen) atoms. The van der Waals surface area contributed by atoms with E-state index in [4.69, 9.17) is 23.2 Å². The summed E-state index contributed by atoms with van der Waals surface area (Å²) >= 11 is 12.2. The zero-order valence-corrected chi connectivity index (χ0v) is 18.6. The topological polar surface area (TPSA) is 49.4 Å². The molecular weight excluding hydrogens is 407 g/mol. The molecule has 4 nitrogen and oxygen atoms in total. The molecule has 0 aromatic heterocycles. The fraction of sp³-hybridized carbons (Fsp3) is 0.391. The van der Waals surface area contributed by atoms with Crippen molar-refractivity contribution in [1.29, 1.82) is 0 Å². The van der Waals surface area contributed by atoms with E-state index in [9.17, 15) is 9.59 Å². The summed E-state index contributed by atoms with van der Waals surface area (Å²) in [5, 5.41) is 3.85. The Bertz CT molecular complexity index is 825. The van der Waals surface area contributed by atoms with Crippen LogP contribution in [0.1, 0.15) is 44.7 Å². The summed E-state index contributed by atoms with van der Waals surface area (Å²) in [4.78, 5) is 27.7. The van der Waals surface area contributed by atoms with Crippen LogP contribution < -0.4 is 5.32 Å². The molecule has 1 unspecified atom stereocenters. The fourth-order valence-corrected chi connectivity index (χ4v) is 3.45. The van der Waals surface area contributed by atoms with Gasteiger partial charge in [0.05, 0.1) is 10.0 Å². The molecule has 6 heteroatoms. The normalized spacial score (nSPS) is 11.9. The summed E-state index contributed by atoms with van der Waals surface area (Å²) in [7, 11) is 0. The Labute approximate surface area is 183 Å². The van der Waals surface area contributed by atoms with Crippen LogP contribution >= 0.6 is 23.2 Å². The molecule has 0 aliphatic rings. The van der Waals surface area contributed by atoms with E-state index < -0.39 is 6.04 Å². The second kappa shape index (κ2) is 11.2. The second-order valence-electron chi connectivity index (χ2n) is 7.39. The van der Waals surface area contributed by atoms with Crippen molar-refractivity contribution in [3.63, 3.8) is 0 Å². The maximum Gasteiger partial charge on any atom is 0.243 e. The number of carbonyl (C=O) groups is 2. The first-order valence-electron chi connectivity index (χ1n) is 9.89. The maximum absolute atomic E-state index is 13.1. The van der Waals surface area contributed by atoms with Gasteiger partial charge < -0.3 is 10.2 Å². The second-order valence-corrected chi connectivity index (χ2v) is 8.20. The van der Waals surface area contributed by atoms with Crippen molar-refractivity contribution in [1.82, 2.24) is 10.2 Å². The van der Waals surface area contributed by atoms with Crippen LogP contribution in [0, 0.1) is 0 Å². The van der Waals surface area contributed by atoms with Crippen molar-refractivity contribution in [3.8, 4) is 0 Å². The summed E-state index contributed by atoms with van der Waals surface area (Å²) in [5.41, 5.74) is 1.83. The van der Waals surface area contributed by atoms with E-state index >= 15 is 0 Å². The Balaban J connectivity index is 2.39. The van der Waals surface area contributed by atoms with E-state index in [2.05, 4.69) is 5.32 Å². The molecule has 2 amide bonds. The van der Waals surface area contributed by atoms with Gasteiger partial charge in [-0.05, 0) is 43.5 Å². The molecule has 2 rings (SSSR count). The van der Waals surface area contributed by atoms with Crippen LogP contribution in [0.15, 0.2) is 48.5 Å². The van der Waals surface area contributed by atoms with Gasteiger partial charge in [-0.1, -0.05) is 66.5 Å². The van der Waals surface area contributed by atoms with Gasteiger partial charge in [0, 0.05) is 25.4 Å². The molecule has 0 aliphatic carbocycles. The van der Waals surface area contributed by atoms with Crippen molar-refractivity contribution in [2.24, 2.45) is 0 Å². The Kier molecular flexibility index (Phi) is 8.99. The van der Waals surface area contributed by atoms with Crippen LogP contribution in [0.3, 0.4) is 0 Å². The van der Waals surface area contributed by atoms with E-state index in [0.717, 1.165) is 11.1 Å². The number of benzene rings is 2. The van der Waals surface area contributed by atoms with Crippen molar-refractivity contribution < 1.29 is 9.59 Å². The fourth-order valence-electron chi connectivity index (χ4n) is 3.13. The Hall–Kier alpha value is -2.04. The molecule has 2 aromatic rings. The molecule has 1 N–H and O–H groups in total. The highest BCUT2D eigenvalue weighted by Gasteiger charge is 2.30. The van der Waals surface area contributed by atoms with Gasteiger partial charge in [-0.25, -0.2) is 0 Å². The molecule has 2 aromatic carbocycles. The number of hydrogen-bond donors (Lipinski definition) is 1. The van der Waals surface area contributed by atoms with Crippen molar-refractivity contribution in [3.05, 3.63) is 69.7 Å². The number of carbonyl (C=O) groups excluding carboxylic acids is 2. The highest BCUT2D eigenvalue weighted by atomic mass is 35.5. The van der Waals surface area contributed by atoms with Crippen LogP contribution in [0.25, 0.3) is 0 Å². The molecule has 0 saturated heterocycles. The molecule has 156 valence electrons. The van der Waals surface area contributed by atoms with Crippen molar-refractivity contribution in [2.45, 2.75) is 58.7 Å². The number of nitrogens with zero attached hydrogens (tertiary/aromatic N) is 1. The van der Waals surface area contributed by atoms with Gasteiger partial charge in [0.2, 0.25) is 11.8 Å². The third-order valence-corrected chi connectivity index (χ3v) is 5.24. The van der Waals surface area contributed by atoms with Gasteiger partial charge in [-0.2, -0.15) is 0 Å². The van der Waals surface area contributed by atoms with Gasteiger partial charge in [0.1, 0.15) is 6.04 Å². The lowest BCUT2D eigenvalue weighted by Gasteiger charge is -2.32. The highest BCUT2D eigenvalue weighted by molar-refractivity contribution is 6.42. The molecule has 0 aliphatic heterocycles. The summed E-state index contributed by atoms with van der Waals surface area (Å²) in [6.45, 7) is 6.07. The molecular formula is C23H28Cl2N2O2. The summed E-state index contributed by atoms with van der Waals surface area (Å²) < 4.78 is 0. The number of hydrogen-bond acceptors (Lipinski definition) is 2. The largest absolute Gasteiger partial charge is 0.352 e. The zero-order chi connectivity index (χ0) is 21.4. The average Bonchev–Trinajstić information content (AvgIpc) is 2.67. The number of nitrogens with one attached hydrogen (secondary N) is 1. The maximum atomic E-state index is 13.1. The Morgan fingerprint density at radius 3 is 2.28 bits per heavy atom. The minimum atomic E-state index is -0.617. The monoisotopic (exact) mass is 434 g/mol. The molecule has 0 fully saturated rings. The molecule has 1 atom stereocenters. The van der Waals surface area contributed by atoms with Gasteiger partial charge in [0.25, 0.3) is 0 Å².